The fraction of sp³-hybridized carbons (Fsp3) is 0.0476. The number of halogens is 2. The van der Waals surface area contributed by atoms with Crippen molar-refractivity contribution >= 4 is 81.0 Å². The Bertz CT molecular complexity index is 1270. The number of thiophene rings is 1. The topological polar surface area (TPSA) is 78.5 Å². The van der Waals surface area contributed by atoms with Gasteiger partial charge in [0.1, 0.15) is 0 Å². The second-order valence-electron chi connectivity index (χ2n) is 6.65. The summed E-state index contributed by atoms with van der Waals surface area (Å²) in [5, 5.41) is 6.00. The number of carbonyl (C=O) groups is 3. The van der Waals surface area contributed by atoms with Crippen molar-refractivity contribution in [3.8, 4) is 0 Å². The molecule has 0 aliphatic carbocycles. The van der Waals surface area contributed by atoms with Crippen molar-refractivity contribution in [3.05, 3.63) is 79.5 Å². The monoisotopic (exact) mass is 489 g/mol. The fourth-order valence-electron chi connectivity index (χ4n) is 3.18. The Labute approximate surface area is 196 Å². The molecule has 0 atom stereocenters. The molecule has 10 heteroatoms. The molecule has 0 fully saturated rings. The van der Waals surface area contributed by atoms with Crippen molar-refractivity contribution in [2.24, 2.45) is 0 Å². The third-order valence-corrected chi connectivity index (χ3v) is 6.24. The Hall–Kier alpha value is -2.78. The third kappa shape index (κ3) is 4.20. The summed E-state index contributed by atoms with van der Waals surface area (Å²) in [4.78, 5) is 39.3. The molecule has 0 radical (unpaired) electrons. The summed E-state index contributed by atoms with van der Waals surface area (Å²) < 4.78 is 0.505. The number of anilines is 2. The first-order chi connectivity index (χ1) is 14.7. The van der Waals surface area contributed by atoms with Crippen LogP contribution in [-0.4, -0.2) is 22.8 Å². The number of carbonyl (C=O) groups excluding carboxylic acids is 3. The van der Waals surface area contributed by atoms with E-state index in [1.54, 1.807) is 49.4 Å². The van der Waals surface area contributed by atoms with Crippen LogP contribution in [0, 0.1) is 6.92 Å². The summed E-state index contributed by atoms with van der Waals surface area (Å²) in [6.45, 7) is 1.77. The van der Waals surface area contributed by atoms with Crippen molar-refractivity contribution in [3.63, 3.8) is 0 Å². The average Bonchev–Trinajstić information content (AvgIpc) is 3.24. The number of fused-ring (bicyclic) bond motifs is 1. The first kappa shape index (κ1) is 21.5. The number of amides is 3. The van der Waals surface area contributed by atoms with Crippen LogP contribution in [0.1, 0.15) is 36.0 Å². The van der Waals surface area contributed by atoms with E-state index in [1.807, 2.05) is 0 Å². The number of hydrogen-bond acceptors (Lipinski definition) is 5. The minimum atomic E-state index is -0.427. The predicted molar refractivity (Wildman–Crippen MR) is 127 cm³/mol. The molecule has 0 saturated heterocycles. The van der Waals surface area contributed by atoms with Gasteiger partial charge in [-0.2, -0.15) is 0 Å². The van der Waals surface area contributed by atoms with Gasteiger partial charge in [0.15, 0.2) is 5.11 Å². The Morgan fingerprint density at radius 1 is 1.00 bits per heavy atom. The lowest BCUT2D eigenvalue weighted by Crippen LogP contribution is -2.33. The van der Waals surface area contributed by atoms with Crippen molar-refractivity contribution in [1.29, 1.82) is 0 Å². The lowest BCUT2D eigenvalue weighted by molar-refractivity contribution is 0.0923. The van der Waals surface area contributed by atoms with Crippen molar-refractivity contribution < 1.29 is 14.4 Å². The van der Waals surface area contributed by atoms with E-state index in [2.05, 4.69) is 10.6 Å². The fourth-order valence-corrected chi connectivity index (χ4v) is 4.50. The number of imide groups is 1. The quantitative estimate of drug-likeness (QED) is 0.385. The Morgan fingerprint density at radius 2 is 1.74 bits per heavy atom. The zero-order valence-electron chi connectivity index (χ0n) is 15.9. The molecule has 2 aromatic carbocycles. The number of aryl methyl sites for hydroxylation is 1. The van der Waals surface area contributed by atoms with E-state index in [0.29, 0.717) is 36.7 Å². The van der Waals surface area contributed by atoms with Gasteiger partial charge in [0.05, 0.1) is 26.0 Å². The van der Waals surface area contributed by atoms with Crippen molar-refractivity contribution in [2.45, 2.75) is 6.92 Å². The molecule has 6 nitrogen and oxygen atoms in total. The van der Waals surface area contributed by atoms with Gasteiger partial charge in [-0.05, 0) is 73.2 Å². The van der Waals surface area contributed by atoms with Gasteiger partial charge < -0.3 is 5.32 Å². The molecule has 156 valence electrons. The average molecular weight is 490 g/mol. The maximum absolute atomic E-state index is 12.8. The van der Waals surface area contributed by atoms with Crippen molar-refractivity contribution in [1.82, 2.24) is 5.32 Å². The highest BCUT2D eigenvalue weighted by Gasteiger charge is 2.37. The molecule has 1 aliphatic heterocycles. The molecule has 4 rings (SSSR count). The van der Waals surface area contributed by atoms with Crippen LogP contribution in [-0.2, 0) is 0 Å². The van der Waals surface area contributed by atoms with Gasteiger partial charge in [-0.15, -0.1) is 11.3 Å². The van der Waals surface area contributed by atoms with E-state index in [-0.39, 0.29) is 16.6 Å². The van der Waals surface area contributed by atoms with E-state index in [9.17, 15) is 14.4 Å². The van der Waals surface area contributed by atoms with E-state index in [1.165, 1.54) is 6.07 Å². The largest absolute Gasteiger partial charge is 0.332 e. The first-order valence-electron chi connectivity index (χ1n) is 8.91. The van der Waals surface area contributed by atoms with Crippen LogP contribution in [0.4, 0.5) is 11.4 Å². The number of nitrogens with one attached hydrogen (secondary N) is 2. The number of benzene rings is 2. The smallest absolute Gasteiger partial charge is 0.267 e. The molecule has 0 unspecified atom stereocenters. The van der Waals surface area contributed by atoms with Gasteiger partial charge in [0.25, 0.3) is 17.7 Å². The molecule has 2 heterocycles. The van der Waals surface area contributed by atoms with Gasteiger partial charge in [0, 0.05) is 10.7 Å². The minimum absolute atomic E-state index is 0.108. The highest BCUT2D eigenvalue weighted by atomic mass is 35.5. The maximum atomic E-state index is 12.8. The van der Waals surface area contributed by atoms with Crippen LogP contribution in [0.15, 0.2) is 48.5 Å². The van der Waals surface area contributed by atoms with Gasteiger partial charge in [-0.1, -0.05) is 23.2 Å². The standard InChI is InChI=1S/C21H13Cl2N3O3S2/c1-10-8-12(24-21(30)25-18(27)16-6-7-17(23)31-16)3-5-15(10)26-19(28)13-4-2-11(22)9-14(13)20(26)29/h2-9H,1H3,(H2,24,25,27,30). The van der Waals surface area contributed by atoms with Crippen LogP contribution >= 0.6 is 46.8 Å². The second-order valence-corrected chi connectivity index (χ2v) is 9.21. The molecule has 0 saturated carbocycles. The van der Waals surface area contributed by atoms with Crippen LogP contribution in [0.3, 0.4) is 0 Å². The van der Waals surface area contributed by atoms with Gasteiger partial charge in [-0.3, -0.25) is 19.7 Å². The molecule has 1 aromatic heterocycles. The zero-order chi connectivity index (χ0) is 22.3. The Morgan fingerprint density at radius 3 is 2.42 bits per heavy atom. The Balaban J connectivity index is 1.50. The van der Waals surface area contributed by atoms with Crippen molar-refractivity contribution in [2.75, 3.05) is 10.2 Å². The summed E-state index contributed by atoms with van der Waals surface area (Å²) in [5.74, 6) is -1.20. The first-order valence-corrected chi connectivity index (χ1v) is 10.9. The van der Waals surface area contributed by atoms with Gasteiger partial charge >= 0.3 is 0 Å². The maximum Gasteiger partial charge on any atom is 0.267 e. The molecule has 2 N–H and O–H groups in total. The highest BCUT2D eigenvalue weighted by molar-refractivity contribution is 7.80. The van der Waals surface area contributed by atoms with Crippen LogP contribution in [0.25, 0.3) is 0 Å². The SMILES string of the molecule is Cc1cc(NC(=S)NC(=O)c2ccc(Cl)s2)ccc1N1C(=O)c2ccc(Cl)cc2C1=O. The number of hydrogen-bond donors (Lipinski definition) is 2. The molecule has 3 aromatic rings. The molecular weight excluding hydrogens is 477 g/mol. The zero-order valence-corrected chi connectivity index (χ0v) is 19.0. The minimum Gasteiger partial charge on any atom is -0.332 e. The van der Waals surface area contributed by atoms with E-state index in [4.69, 9.17) is 35.4 Å². The van der Waals surface area contributed by atoms with Crippen LogP contribution < -0.4 is 15.5 Å². The molecular formula is C21H13Cl2N3O3S2. The summed E-state index contributed by atoms with van der Waals surface area (Å²) in [6, 6.07) is 12.9. The summed E-state index contributed by atoms with van der Waals surface area (Å²) in [5.41, 5.74) is 2.31. The van der Waals surface area contributed by atoms with Gasteiger partial charge in [-0.25, -0.2) is 4.90 Å². The van der Waals surface area contributed by atoms with E-state index < -0.39 is 11.8 Å². The predicted octanol–water partition coefficient (Wildman–Crippen LogP) is 5.29. The Kier molecular flexibility index (Phi) is 5.81. The third-order valence-electron chi connectivity index (χ3n) is 4.57. The lowest BCUT2D eigenvalue weighted by atomic mass is 10.1. The van der Waals surface area contributed by atoms with E-state index >= 15 is 0 Å². The molecule has 3 amide bonds. The lowest BCUT2D eigenvalue weighted by Gasteiger charge is -2.18. The normalized spacial score (nSPS) is 12.7. The summed E-state index contributed by atoms with van der Waals surface area (Å²) in [6.07, 6.45) is 0. The summed E-state index contributed by atoms with van der Waals surface area (Å²) >= 11 is 18.2. The van der Waals surface area contributed by atoms with Gasteiger partial charge in [0.2, 0.25) is 0 Å². The van der Waals surface area contributed by atoms with Crippen LogP contribution in [0.2, 0.25) is 9.36 Å². The summed E-state index contributed by atoms with van der Waals surface area (Å²) in [7, 11) is 0. The molecule has 0 bridgehead atoms. The van der Waals surface area contributed by atoms with Crippen LogP contribution in [0.5, 0.6) is 0 Å². The van der Waals surface area contributed by atoms with E-state index in [0.717, 1.165) is 16.2 Å². The number of nitrogens with zero attached hydrogens (tertiary/aromatic N) is 1. The molecule has 0 spiro atoms. The molecule has 31 heavy (non-hydrogen) atoms. The number of thiocarbonyl (C=S) groups is 1. The molecule has 1 aliphatic rings. The second kappa shape index (κ2) is 8.39. The highest BCUT2D eigenvalue weighted by Crippen LogP contribution is 2.33. The number of rotatable bonds is 3.